The summed E-state index contributed by atoms with van der Waals surface area (Å²) in [4.78, 5) is 22.1. The number of halogens is 1. The van der Waals surface area contributed by atoms with E-state index in [1.807, 2.05) is 0 Å². The fourth-order valence-electron chi connectivity index (χ4n) is 2.19. The Labute approximate surface area is 116 Å². The highest BCUT2D eigenvalue weighted by Gasteiger charge is 2.22. The maximum Gasteiger partial charge on any atom is 0.336 e. The molecule has 5 heteroatoms. The SMILES string of the molecule is Cc1c(C(=O)O)ccc(OC2CCC(=O)CC2)c1Cl. The molecule has 0 saturated heterocycles. The monoisotopic (exact) mass is 282 g/mol. The maximum atomic E-state index is 11.2. The smallest absolute Gasteiger partial charge is 0.336 e. The third kappa shape index (κ3) is 3.07. The molecule has 4 nitrogen and oxygen atoms in total. The minimum atomic E-state index is -1.01. The Hall–Kier alpha value is -1.55. The van der Waals surface area contributed by atoms with Gasteiger partial charge >= 0.3 is 5.97 Å². The Kier molecular flexibility index (Phi) is 4.10. The zero-order valence-electron chi connectivity index (χ0n) is 10.6. The maximum absolute atomic E-state index is 11.2. The van der Waals surface area contributed by atoms with E-state index in [2.05, 4.69) is 0 Å². The van der Waals surface area contributed by atoms with Gasteiger partial charge in [-0.2, -0.15) is 0 Å². The molecule has 0 aromatic heterocycles. The first-order valence-corrected chi connectivity index (χ1v) is 6.57. The first kappa shape index (κ1) is 13.9. The van der Waals surface area contributed by atoms with Gasteiger partial charge in [-0.25, -0.2) is 4.79 Å². The van der Waals surface area contributed by atoms with Crippen LogP contribution in [0.5, 0.6) is 5.75 Å². The van der Waals surface area contributed by atoms with Crippen LogP contribution in [0.25, 0.3) is 0 Å². The normalized spacial score (nSPS) is 16.4. The molecule has 0 atom stereocenters. The fraction of sp³-hybridized carbons (Fsp3) is 0.429. The fourth-order valence-corrected chi connectivity index (χ4v) is 2.40. The highest BCUT2D eigenvalue weighted by molar-refractivity contribution is 6.33. The molecule has 1 fully saturated rings. The van der Waals surface area contributed by atoms with Crippen LogP contribution in [0.3, 0.4) is 0 Å². The average Bonchev–Trinajstić information content (AvgIpc) is 2.37. The number of Topliss-reactive ketones (excluding diaryl/α,β-unsaturated/α-hetero) is 1. The Morgan fingerprint density at radius 3 is 2.58 bits per heavy atom. The largest absolute Gasteiger partial charge is 0.489 e. The first-order valence-electron chi connectivity index (χ1n) is 6.19. The van der Waals surface area contributed by atoms with Crippen LogP contribution in [-0.2, 0) is 4.79 Å². The summed E-state index contributed by atoms with van der Waals surface area (Å²) < 4.78 is 5.77. The minimum Gasteiger partial charge on any atom is -0.489 e. The molecule has 0 bridgehead atoms. The van der Waals surface area contributed by atoms with Crippen molar-refractivity contribution < 1.29 is 19.4 Å². The lowest BCUT2D eigenvalue weighted by Crippen LogP contribution is -2.24. The van der Waals surface area contributed by atoms with Gasteiger partial charge in [-0.3, -0.25) is 4.79 Å². The minimum absolute atomic E-state index is 0.0229. The molecule has 102 valence electrons. The van der Waals surface area contributed by atoms with Crippen molar-refractivity contribution in [1.82, 2.24) is 0 Å². The van der Waals surface area contributed by atoms with E-state index < -0.39 is 5.97 Å². The Morgan fingerprint density at radius 2 is 2.00 bits per heavy atom. The van der Waals surface area contributed by atoms with E-state index in [1.165, 1.54) is 6.07 Å². The molecule has 0 heterocycles. The van der Waals surface area contributed by atoms with Gasteiger partial charge in [-0.15, -0.1) is 0 Å². The number of carboxylic acid groups (broad SMARTS) is 1. The van der Waals surface area contributed by atoms with Crippen LogP contribution in [-0.4, -0.2) is 23.0 Å². The van der Waals surface area contributed by atoms with Crippen molar-refractivity contribution >= 4 is 23.4 Å². The van der Waals surface area contributed by atoms with Crippen molar-refractivity contribution in [3.63, 3.8) is 0 Å². The van der Waals surface area contributed by atoms with Crippen molar-refractivity contribution in [3.05, 3.63) is 28.3 Å². The summed E-state index contributed by atoms with van der Waals surface area (Å²) in [5.41, 5.74) is 0.676. The van der Waals surface area contributed by atoms with Gasteiger partial charge in [-0.1, -0.05) is 11.6 Å². The van der Waals surface area contributed by atoms with E-state index >= 15 is 0 Å². The number of rotatable bonds is 3. The second kappa shape index (κ2) is 5.61. The molecule has 0 amide bonds. The second-order valence-corrected chi connectivity index (χ2v) is 5.09. The van der Waals surface area contributed by atoms with Crippen LogP contribution in [0.15, 0.2) is 12.1 Å². The number of carboxylic acids is 1. The van der Waals surface area contributed by atoms with Crippen molar-refractivity contribution in [2.75, 3.05) is 0 Å². The van der Waals surface area contributed by atoms with E-state index in [0.29, 0.717) is 42.0 Å². The molecular formula is C14H15ClO4. The topological polar surface area (TPSA) is 63.6 Å². The summed E-state index contributed by atoms with van der Waals surface area (Å²) in [6, 6.07) is 3.07. The van der Waals surface area contributed by atoms with Crippen LogP contribution in [0, 0.1) is 6.92 Å². The van der Waals surface area contributed by atoms with E-state index in [0.717, 1.165) is 0 Å². The number of benzene rings is 1. The van der Waals surface area contributed by atoms with Gasteiger partial charge in [0.2, 0.25) is 0 Å². The van der Waals surface area contributed by atoms with Gasteiger partial charge in [0.15, 0.2) is 0 Å². The number of hydrogen-bond acceptors (Lipinski definition) is 3. The zero-order valence-corrected chi connectivity index (χ0v) is 11.4. The van der Waals surface area contributed by atoms with Crippen LogP contribution < -0.4 is 4.74 Å². The molecule has 1 aliphatic carbocycles. The van der Waals surface area contributed by atoms with Crippen molar-refractivity contribution in [2.45, 2.75) is 38.7 Å². The average molecular weight is 283 g/mol. The van der Waals surface area contributed by atoms with Crippen molar-refractivity contribution in [3.8, 4) is 5.75 Å². The summed E-state index contributed by atoms with van der Waals surface area (Å²) in [6.45, 7) is 1.66. The molecule has 2 rings (SSSR count). The van der Waals surface area contributed by atoms with Gasteiger partial charge in [-0.05, 0) is 37.5 Å². The van der Waals surface area contributed by atoms with Gasteiger partial charge in [0.1, 0.15) is 11.5 Å². The summed E-state index contributed by atoms with van der Waals surface area (Å²) >= 11 is 6.14. The molecule has 19 heavy (non-hydrogen) atoms. The molecule has 1 aromatic carbocycles. The summed E-state index contributed by atoms with van der Waals surface area (Å²) in [5.74, 6) is -0.249. The van der Waals surface area contributed by atoms with E-state index in [1.54, 1.807) is 13.0 Å². The molecule has 0 aliphatic heterocycles. The first-order chi connectivity index (χ1) is 8.99. The lowest BCUT2D eigenvalue weighted by atomic mass is 9.96. The molecule has 0 spiro atoms. The van der Waals surface area contributed by atoms with Gasteiger partial charge in [0, 0.05) is 12.8 Å². The van der Waals surface area contributed by atoms with E-state index in [4.69, 9.17) is 21.4 Å². The van der Waals surface area contributed by atoms with Crippen LogP contribution in [0.1, 0.15) is 41.6 Å². The van der Waals surface area contributed by atoms with Gasteiger partial charge < -0.3 is 9.84 Å². The number of ketones is 1. The van der Waals surface area contributed by atoms with Crippen molar-refractivity contribution in [2.24, 2.45) is 0 Å². The Bertz CT molecular complexity index is 514. The zero-order chi connectivity index (χ0) is 14.0. The Morgan fingerprint density at radius 1 is 1.37 bits per heavy atom. The third-order valence-corrected chi connectivity index (χ3v) is 3.84. The highest BCUT2D eigenvalue weighted by atomic mass is 35.5. The predicted molar refractivity (Wildman–Crippen MR) is 71.0 cm³/mol. The summed E-state index contributed by atoms with van der Waals surface area (Å²) in [6.07, 6.45) is 2.43. The molecule has 0 radical (unpaired) electrons. The lowest BCUT2D eigenvalue weighted by molar-refractivity contribution is -0.121. The highest BCUT2D eigenvalue weighted by Crippen LogP contribution is 2.32. The predicted octanol–water partition coefficient (Wildman–Crippen LogP) is 3.24. The van der Waals surface area contributed by atoms with Gasteiger partial charge in [0.05, 0.1) is 16.7 Å². The molecule has 1 aromatic rings. The number of aromatic carboxylic acids is 1. The van der Waals surface area contributed by atoms with E-state index in [-0.39, 0.29) is 17.5 Å². The Balaban J connectivity index is 2.15. The third-order valence-electron chi connectivity index (χ3n) is 3.37. The number of ether oxygens (including phenoxy) is 1. The van der Waals surface area contributed by atoms with Crippen LogP contribution in [0.2, 0.25) is 5.02 Å². The van der Waals surface area contributed by atoms with E-state index in [9.17, 15) is 9.59 Å². The number of carbonyl (C=O) groups is 2. The second-order valence-electron chi connectivity index (χ2n) is 4.71. The van der Waals surface area contributed by atoms with Crippen LogP contribution in [0.4, 0.5) is 0 Å². The molecule has 1 saturated carbocycles. The molecule has 1 N–H and O–H groups in total. The number of hydrogen-bond donors (Lipinski definition) is 1. The summed E-state index contributed by atoms with van der Waals surface area (Å²) in [7, 11) is 0. The van der Waals surface area contributed by atoms with Crippen molar-refractivity contribution in [1.29, 1.82) is 0 Å². The quantitative estimate of drug-likeness (QED) is 0.924. The van der Waals surface area contributed by atoms with Crippen LogP contribution >= 0.6 is 11.6 Å². The molecule has 1 aliphatic rings. The molecule has 0 unspecified atom stereocenters. The summed E-state index contributed by atoms with van der Waals surface area (Å²) in [5, 5.41) is 9.32. The van der Waals surface area contributed by atoms with Gasteiger partial charge in [0.25, 0.3) is 0 Å². The lowest BCUT2D eigenvalue weighted by Gasteiger charge is -2.23. The number of carbonyl (C=O) groups excluding carboxylic acids is 1. The molecular weight excluding hydrogens is 268 g/mol. The standard InChI is InChI=1S/C14H15ClO4/c1-8-11(14(17)18)6-7-12(13(8)15)19-10-4-2-9(16)3-5-10/h6-7,10H,2-5H2,1H3,(H,17,18).